The number of piperidine rings is 1. The summed E-state index contributed by atoms with van der Waals surface area (Å²) in [4.78, 5) is 24.9. The van der Waals surface area contributed by atoms with Crippen LogP contribution in [0.15, 0.2) is 12.2 Å². The van der Waals surface area contributed by atoms with Crippen LogP contribution in [0.5, 0.6) is 0 Å². The Labute approximate surface area is 114 Å². The largest absolute Gasteiger partial charge is 0.466 e. The van der Waals surface area contributed by atoms with Gasteiger partial charge in [-0.15, -0.1) is 0 Å². The molecule has 0 aromatic heterocycles. The molecule has 5 nitrogen and oxygen atoms in total. The van der Waals surface area contributed by atoms with E-state index in [0.29, 0.717) is 6.54 Å². The van der Waals surface area contributed by atoms with Crippen LogP contribution in [0.25, 0.3) is 0 Å². The minimum absolute atomic E-state index is 0.0947. The van der Waals surface area contributed by atoms with E-state index >= 15 is 0 Å². The molecule has 0 radical (unpaired) electrons. The summed E-state index contributed by atoms with van der Waals surface area (Å²) in [6.07, 6.45) is 5.60. The van der Waals surface area contributed by atoms with Crippen molar-refractivity contribution in [2.24, 2.45) is 0 Å². The quantitative estimate of drug-likeness (QED) is 0.571. The van der Waals surface area contributed by atoms with Gasteiger partial charge in [-0.2, -0.15) is 0 Å². The first-order valence-electron chi connectivity index (χ1n) is 6.59. The van der Waals surface area contributed by atoms with Crippen molar-refractivity contribution >= 4 is 12.1 Å². The van der Waals surface area contributed by atoms with Crippen molar-refractivity contribution < 1.29 is 19.1 Å². The van der Waals surface area contributed by atoms with E-state index in [1.807, 2.05) is 20.8 Å². The highest BCUT2D eigenvalue weighted by molar-refractivity contribution is 5.82. The third-order valence-corrected chi connectivity index (χ3v) is 2.83. The molecule has 0 spiro atoms. The van der Waals surface area contributed by atoms with Crippen molar-refractivity contribution in [1.82, 2.24) is 4.90 Å². The lowest BCUT2D eigenvalue weighted by atomic mass is 10.0. The Morgan fingerprint density at radius 1 is 1.26 bits per heavy atom. The van der Waals surface area contributed by atoms with Gasteiger partial charge in [0, 0.05) is 12.6 Å². The van der Waals surface area contributed by atoms with Crippen LogP contribution in [0.3, 0.4) is 0 Å². The zero-order chi connectivity index (χ0) is 14.5. The topological polar surface area (TPSA) is 55.8 Å². The zero-order valence-corrected chi connectivity index (χ0v) is 12.1. The molecular formula is C14H23NO4. The van der Waals surface area contributed by atoms with Gasteiger partial charge in [0.15, 0.2) is 0 Å². The Kier molecular flexibility index (Phi) is 5.39. The van der Waals surface area contributed by atoms with Gasteiger partial charge >= 0.3 is 12.1 Å². The molecule has 1 saturated heterocycles. The van der Waals surface area contributed by atoms with Gasteiger partial charge in [-0.1, -0.05) is 6.08 Å². The second kappa shape index (κ2) is 6.59. The van der Waals surface area contributed by atoms with Crippen molar-refractivity contribution in [3.8, 4) is 0 Å². The van der Waals surface area contributed by atoms with Gasteiger partial charge in [-0.05, 0) is 40.0 Å². The van der Waals surface area contributed by atoms with Gasteiger partial charge in [0.05, 0.1) is 13.2 Å². The Hall–Kier alpha value is -1.52. The van der Waals surface area contributed by atoms with Crippen molar-refractivity contribution in [3.05, 3.63) is 12.2 Å². The SMILES string of the molecule is COC(=O)/C=C/[C@@H]1CCCCN1C(=O)OC(C)(C)C. The molecule has 0 aromatic carbocycles. The first-order valence-corrected chi connectivity index (χ1v) is 6.59. The van der Waals surface area contributed by atoms with E-state index in [1.54, 1.807) is 11.0 Å². The Morgan fingerprint density at radius 2 is 1.95 bits per heavy atom. The molecular weight excluding hydrogens is 246 g/mol. The lowest BCUT2D eigenvalue weighted by Gasteiger charge is -2.35. The Bertz CT molecular complexity index is 357. The standard InChI is InChI=1S/C14H23NO4/c1-14(2,3)19-13(17)15-10-6-5-7-11(15)8-9-12(16)18-4/h8-9,11H,5-7,10H2,1-4H3/b9-8+/t11-/m0/s1. The Morgan fingerprint density at radius 3 is 2.53 bits per heavy atom. The van der Waals surface area contributed by atoms with Crippen molar-refractivity contribution in [1.29, 1.82) is 0 Å². The molecule has 1 heterocycles. The fraction of sp³-hybridized carbons (Fsp3) is 0.714. The minimum atomic E-state index is -0.509. The predicted octanol–water partition coefficient (Wildman–Crippen LogP) is 2.51. The average Bonchev–Trinajstić information content (AvgIpc) is 2.34. The summed E-state index contributed by atoms with van der Waals surface area (Å²) in [5.41, 5.74) is -0.509. The molecule has 0 aliphatic carbocycles. The summed E-state index contributed by atoms with van der Waals surface area (Å²) in [7, 11) is 1.33. The van der Waals surface area contributed by atoms with Crippen LogP contribution in [0.4, 0.5) is 4.79 Å². The highest BCUT2D eigenvalue weighted by atomic mass is 16.6. The number of carbonyl (C=O) groups is 2. The molecule has 1 amide bonds. The maximum absolute atomic E-state index is 12.1. The second-order valence-electron chi connectivity index (χ2n) is 5.62. The van der Waals surface area contributed by atoms with E-state index in [2.05, 4.69) is 4.74 Å². The third kappa shape index (κ3) is 5.32. The molecule has 0 bridgehead atoms. The third-order valence-electron chi connectivity index (χ3n) is 2.83. The fourth-order valence-corrected chi connectivity index (χ4v) is 1.96. The van der Waals surface area contributed by atoms with Crippen LogP contribution in [0.2, 0.25) is 0 Å². The summed E-state index contributed by atoms with van der Waals surface area (Å²) in [6.45, 7) is 6.18. The van der Waals surface area contributed by atoms with Crippen molar-refractivity contribution in [3.63, 3.8) is 0 Å². The lowest BCUT2D eigenvalue weighted by Crippen LogP contribution is -2.45. The van der Waals surface area contributed by atoms with Crippen molar-refractivity contribution in [2.45, 2.75) is 51.7 Å². The molecule has 1 fully saturated rings. The number of rotatable bonds is 2. The summed E-state index contributed by atoms with van der Waals surface area (Å²) in [6, 6.07) is -0.0947. The van der Waals surface area contributed by atoms with Gasteiger partial charge < -0.3 is 14.4 Å². The monoisotopic (exact) mass is 269 g/mol. The number of amides is 1. The van der Waals surface area contributed by atoms with Crippen molar-refractivity contribution in [2.75, 3.05) is 13.7 Å². The summed E-state index contributed by atoms with van der Waals surface area (Å²) < 4.78 is 9.93. The number of likely N-dealkylation sites (tertiary alicyclic amines) is 1. The average molecular weight is 269 g/mol. The van der Waals surface area contributed by atoms with Crippen LogP contribution in [-0.4, -0.2) is 42.3 Å². The molecule has 1 aliphatic heterocycles. The molecule has 19 heavy (non-hydrogen) atoms. The zero-order valence-electron chi connectivity index (χ0n) is 12.1. The lowest BCUT2D eigenvalue weighted by molar-refractivity contribution is -0.134. The second-order valence-corrected chi connectivity index (χ2v) is 5.62. The highest BCUT2D eigenvalue weighted by Gasteiger charge is 2.29. The first-order chi connectivity index (χ1) is 8.83. The first kappa shape index (κ1) is 15.5. The normalized spacial score (nSPS) is 20.4. The molecule has 1 aliphatic rings. The molecule has 108 valence electrons. The number of nitrogens with zero attached hydrogens (tertiary/aromatic N) is 1. The smallest absolute Gasteiger partial charge is 0.410 e. The summed E-state index contributed by atoms with van der Waals surface area (Å²) in [5, 5.41) is 0. The van der Waals surface area contributed by atoms with Crippen LogP contribution in [0.1, 0.15) is 40.0 Å². The van der Waals surface area contributed by atoms with Gasteiger partial charge in [-0.3, -0.25) is 0 Å². The van der Waals surface area contributed by atoms with E-state index in [9.17, 15) is 9.59 Å². The van der Waals surface area contributed by atoms with Gasteiger partial charge in [0.25, 0.3) is 0 Å². The molecule has 0 saturated carbocycles. The highest BCUT2D eigenvalue weighted by Crippen LogP contribution is 2.21. The van der Waals surface area contributed by atoms with Gasteiger partial charge in [0.2, 0.25) is 0 Å². The van der Waals surface area contributed by atoms with Gasteiger partial charge in [0.1, 0.15) is 5.60 Å². The van der Waals surface area contributed by atoms with E-state index in [4.69, 9.17) is 4.74 Å². The van der Waals surface area contributed by atoms with E-state index in [0.717, 1.165) is 19.3 Å². The molecule has 1 rings (SSSR count). The number of carbonyl (C=O) groups excluding carboxylic acids is 2. The summed E-state index contributed by atoms with van der Waals surface area (Å²) >= 11 is 0. The number of esters is 1. The molecule has 1 atom stereocenters. The number of hydrogen-bond acceptors (Lipinski definition) is 4. The van der Waals surface area contributed by atoms with Crippen LogP contribution in [-0.2, 0) is 14.3 Å². The molecule has 0 unspecified atom stereocenters. The number of hydrogen-bond donors (Lipinski definition) is 0. The number of methoxy groups -OCH3 is 1. The minimum Gasteiger partial charge on any atom is -0.466 e. The summed E-state index contributed by atoms with van der Waals surface area (Å²) in [5.74, 6) is -0.408. The van der Waals surface area contributed by atoms with E-state index in [-0.39, 0.29) is 12.1 Å². The van der Waals surface area contributed by atoms with Crippen LogP contribution < -0.4 is 0 Å². The molecule has 5 heteroatoms. The fourth-order valence-electron chi connectivity index (χ4n) is 1.96. The maximum atomic E-state index is 12.1. The van der Waals surface area contributed by atoms with E-state index < -0.39 is 11.6 Å². The van der Waals surface area contributed by atoms with Crippen LogP contribution >= 0.6 is 0 Å². The predicted molar refractivity (Wildman–Crippen MR) is 71.7 cm³/mol. The molecule has 0 aromatic rings. The van der Waals surface area contributed by atoms with E-state index in [1.165, 1.54) is 13.2 Å². The maximum Gasteiger partial charge on any atom is 0.410 e. The molecule has 0 N–H and O–H groups in total. The van der Waals surface area contributed by atoms with Crippen LogP contribution in [0, 0.1) is 0 Å². The number of ether oxygens (including phenoxy) is 2. The van der Waals surface area contributed by atoms with Gasteiger partial charge in [-0.25, -0.2) is 9.59 Å². The Balaban J connectivity index is 2.69.